The van der Waals surface area contributed by atoms with Crippen LogP contribution in [0.25, 0.3) is 16.8 Å². The quantitative estimate of drug-likeness (QED) is 0.411. The molecule has 182 valence electrons. The average molecular weight is 483 g/mol. The van der Waals surface area contributed by atoms with Crippen molar-refractivity contribution in [3.8, 4) is 23.2 Å². The van der Waals surface area contributed by atoms with Gasteiger partial charge in [0.05, 0.1) is 42.5 Å². The number of piperidine rings is 1. The van der Waals surface area contributed by atoms with Crippen LogP contribution in [0.3, 0.4) is 0 Å². The lowest BCUT2D eigenvalue weighted by Gasteiger charge is -2.37. The molecule has 10 heteroatoms. The summed E-state index contributed by atoms with van der Waals surface area (Å²) >= 11 is 0. The van der Waals surface area contributed by atoms with Crippen molar-refractivity contribution in [1.29, 1.82) is 5.26 Å². The number of methoxy groups -OCH3 is 1. The van der Waals surface area contributed by atoms with Gasteiger partial charge in [-0.3, -0.25) is 9.69 Å². The molecule has 1 aliphatic heterocycles. The molecular formula is C26H26N8O2. The lowest BCUT2D eigenvalue weighted by Crippen LogP contribution is -2.45. The molecule has 0 unspecified atom stereocenters. The Labute approximate surface area is 208 Å². The summed E-state index contributed by atoms with van der Waals surface area (Å²) in [6.07, 6.45) is 4.81. The smallest absolute Gasteiger partial charge is 0.245 e. The van der Waals surface area contributed by atoms with Crippen LogP contribution in [-0.4, -0.2) is 57.1 Å². The Morgan fingerprint density at radius 3 is 2.53 bits per heavy atom. The molecular weight excluding hydrogens is 456 g/mol. The number of nitrogens with two attached hydrogens (primary N) is 1. The number of fused-ring (bicyclic) bond motifs is 1. The predicted molar refractivity (Wildman–Crippen MR) is 135 cm³/mol. The van der Waals surface area contributed by atoms with Crippen LogP contribution in [0.2, 0.25) is 0 Å². The number of carbonyl (C=O) groups is 1. The molecule has 0 aliphatic carbocycles. The van der Waals surface area contributed by atoms with Crippen LogP contribution >= 0.6 is 0 Å². The van der Waals surface area contributed by atoms with E-state index >= 15 is 0 Å². The maximum atomic E-state index is 11.2. The minimum Gasteiger partial charge on any atom is -0.481 e. The molecule has 4 heterocycles. The van der Waals surface area contributed by atoms with Crippen molar-refractivity contribution in [2.24, 2.45) is 5.73 Å². The summed E-state index contributed by atoms with van der Waals surface area (Å²) in [5.74, 6) is 0.654. The molecule has 0 bridgehead atoms. The van der Waals surface area contributed by atoms with Gasteiger partial charge in [-0.2, -0.15) is 5.26 Å². The van der Waals surface area contributed by atoms with E-state index in [1.165, 1.54) is 0 Å². The fraction of sp³-hybridized carbons (Fsp3) is 0.269. The molecule has 0 radical (unpaired) electrons. The van der Waals surface area contributed by atoms with Crippen LogP contribution in [0.1, 0.15) is 18.4 Å². The molecule has 4 aromatic rings. The Hall–Kier alpha value is -4.49. The summed E-state index contributed by atoms with van der Waals surface area (Å²) in [5.41, 5.74) is 9.18. The number of rotatable bonds is 7. The third kappa shape index (κ3) is 4.56. The van der Waals surface area contributed by atoms with Crippen LogP contribution in [0, 0.1) is 11.3 Å². The summed E-state index contributed by atoms with van der Waals surface area (Å²) < 4.78 is 6.97. The average Bonchev–Trinajstić information content (AvgIpc) is 3.33. The van der Waals surface area contributed by atoms with E-state index < -0.39 is 5.41 Å². The minimum absolute atomic E-state index is 0.229. The van der Waals surface area contributed by atoms with Gasteiger partial charge < -0.3 is 15.8 Å². The molecule has 36 heavy (non-hydrogen) atoms. The number of likely N-dealkylation sites (tertiary alicyclic amines) is 1. The normalized spacial score (nSPS) is 15.3. The molecule has 3 aromatic heterocycles. The molecule has 1 aromatic carbocycles. The number of hydrogen-bond donors (Lipinski definition) is 2. The number of anilines is 2. The molecule has 1 aliphatic rings. The van der Waals surface area contributed by atoms with Crippen molar-refractivity contribution in [1.82, 2.24) is 24.5 Å². The first-order valence-electron chi connectivity index (χ1n) is 11.6. The lowest BCUT2D eigenvalue weighted by molar-refractivity contribution is -0.119. The number of benzene rings is 1. The Kier molecular flexibility index (Phi) is 6.23. The lowest BCUT2D eigenvalue weighted by atomic mass is 9.74. The number of hydrogen-bond acceptors (Lipinski definition) is 8. The number of pyridine rings is 1. The van der Waals surface area contributed by atoms with Crippen LogP contribution in [-0.2, 0) is 10.2 Å². The maximum absolute atomic E-state index is 11.2. The van der Waals surface area contributed by atoms with Gasteiger partial charge in [0.1, 0.15) is 0 Å². The van der Waals surface area contributed by atoms with E-state index in [-0.39, 0.29) is 12.5 Å². The number of nitrogens with zero attached hydrogens (tertiary/aromatic N) is 6. The third-order valence-corrected chi connectivity index (χ3v) is 6.64. The minimum atomic E-state index is -0.575. The van der Waals surface area contributed by atoms with Crippen LogP contribution in [0.4, 0.5) is 11.6 Å². The van der Waals surface area contributed by atoms with E-state index in [2.05, 4.69) is 26.5 Å². The second-order valence-electron chi connectivity index (χ2n) is 8.87. The third-order valence-electron chi connectivity index (χ3n) is 6.64. The van der Waals surface area contributed by atoms with Crippen LogP contribution < -0.4 is 15.8 Å². The highest BCUT2D eigenvalue weighted by Gasteiger charge is 2.36. The number of amides is 1. The first-order chi connectivity index (χ1) is 17.5. The zero-order valence-corrected chi connectivity index (χ0v) is 19.9. The number of carbonyl (C=O) groups excluding carboxylic acids is 1. The van der Waals surface area contributed by atoms with Gasteiger partial charge in [-0.15, -0.1) is 5.10 Å². The summed E-state index contributed by atoms with van der Waals surface area (Å²) in [4.78, 5) is 21.9. The maximum Gasteiger partial charge on any atom is 0.245 e. The number of nitriles is 1. The van der Waals surface area contributed by atoms with E-state index in [0.717, 1.165) is 28.0 Å². The summed E-state index contributed by atoms with van der Waals surface area (Å²) in [6.45, 7) is 1.55. The van der Waals surface area contributed by atoms with Crippen LogP contribution in [0.5, 0.6) is 5.88 Å². The summed E-state index contributed by atoms with van der Waals surface area (Å²) in [6, 6.07) is 18.0. The molecule has 0 spiro atoms. The van der Waals surface area contributed by atoms with Gasteiger partial charge in [0.15, 0.2) is 0 Å². The van der Waals surface area contributed by atoms with Gasteiger partial charge in [-0.05, 0) is 48.7 Å². The number of ether oxygens (including phenoxy) is 1. The topological polar surface area (TPSA) is 134 Å². The highest BCUT2D eigenvalue weighted by atomic mass is 16.5. The summed E-state index contributed by atoms with van der Waals surface area (Å²) in [7, 11) is 1.59. The standard InChI is InChI=1S/C26H26N8O2/c1-36-24-9-2-18(14-29-24)22-8-7-21-15-30-25(32-34(21)22)31-20-5-3-19(4-6-20)26(17-27)10-12-33(13-11-26)16-23(28)35/h2-9,14-15H,10-13,16H2,1H3,(H2,28,35)(H,31,32). The highest BCUT2D eigenvalue weighted by molar-refractivity contribution is 5.76. The van der Waals surface area contributed by atoms with Gasteiger partial charge in [0.25, 0.3) is 0 Å². The largest absolute Gasteiger partial charge is 0.481 e. The Balaban J connectivity index is 1.33. The van der Waals surface area contributed by atoms with E-state index in [1.54, 1.807) is 19.5 Å². The fourth-order valence-corrected chi connectivity index (χ4v) is 4.61. The highest BCUT2D eigenvalue weighted by Crippen LogP contribution is 2.35. The van der Waals surface area contributed by atoms with Crippen molar-refractivity contribution in [3.05, 3.63) is 66.5 Å². The zero-order chi connectivity index (χ0) is 25.1. The van der Waals surface area contributed by atoms with Crippen molar-refractivity contribution in [2.45, 2.75) is 18.3 Å². The predicted octanol–water partition coefficient (Wildman–Crippen LogP) is 2.89. The van der Waals surface area contributed by atoms with Crippen molar-refractivity contribution in [2.75, 3.05) is 32.1 Å². The van der Waals surface area contributed by atoms with Gasteiger partial charge in [-0.1, -0.05) is 12.1 Å². The molecule has 0 atom stereocenters. The van der Waals surface area contributed by atoms with Crippen LogP contribution in [0.15, 0.2) is 60.9 Å². The second kappa shape index (κ2) is 9.64. The first kappa shape index (κ1) is 23.3. The van der Waals surface area contributed by atoms with Gasteiger partial charge >= 0.3 is 0 Å². The van der Waals surface area contributed by atoms with Gasteiger partial charge in [0.2, 0.25) is 17.7 Å². The number of primary amides is 1. The zero-order valence-electron chi connectivity index (χ0n) is 19.9. The van der Waals surface area contributed by atoms with E-state index in [0.29, 0.717) is 37.8 Å². The molecule has 3 N–H and O–H groups in total. The Morgan fingerprint density at radius 2 is 1.89 bits per heavy atom. The van der Waals surface area contributed by atoms with Gasteiger partial charge in [0, 0.05) is 36.6 Å². The van der Waals surface area contributed by atoms with Crippen molar-refractivity contribution >= 4 is 23.1 Å². The molecule has 0 saturated carbocycles. The molecule has 1 saturated heterocycles. The van der Waals surface area contributed by atoms with Gasteiger partial charge in [-0.25, -0.2) is 14.5 Å². The van der Waals surface area contributed by atoms with E-state index in [4.69, 9.17) is 10.5 Å². The van der Waals surface area contributed by atoms with E-state index in [9.17, 15) is 10.1 Å². The first-order valence-corrected chi connectivity index (χ1v) is 11.6. The number of nitrogens with one attached hydrogen (secondary N) is 1. The second-order valence-corrected chi connectivity index (χ2v) is 8.87. The van der Waals surface area contributed by atoms with E-state index in [1.807, 2.05) is 57.9 Å². The monoisotopic (exact) mass is 482 g/mol. The Bertz CT molecular complexity index is 1420. The summed E-state index contributed by atoms with van der Waals surface area (Å²) in [5, 5.41) is 17.9. The SMILES string of the molecule is COc1ccc(-c2ccc3cnc(Nc4ccc(C5(C#N)CCN(CC(N)=O)CC5)cc4)nn23)cn1. The Morgan fingerprint density at radius 1 is 1.11 bits per heavy atom. The molecule has 10 nitrogen and oxygen atoms in total. The molecule has 1 amide bonds. The molecule has 1 fully saturated rings. The number of aromatic nitrogens is 4. The van der Waals surface area contributed by atoms with Crippen molar-refractivity contribution in [3.63, 3.8) is 0 Å². The molecule has 5 rings (SSSR count). The fourth-order valence-electron chi connectivity index (χ4n) is 4.61. The van der Waals surface area contributed by atoms with Crippen molar-refractivity contribution < 1.29 is 9.53 Å².